The van der Waals surface area contributed by atoms with Gasteiger partial charge in [-0.25, -0.2) is 9.97 Å². The molecule has 0 aromatic carbocycles. The highest BCUT2D eigenvalue weighted by Crippen LogP contribution is 2.30. The lowest BCUT2D eigenvalue weighted by Crippen LogP contribution is -2.30. The molecule has 0 spiro atoms. The Labute approximate surface area is 104 Å². The van der Waals surface area contributed by atoms with Crippen molar-refractivity contribution < 1.29 is 0 Å². The molecule has 1 aromatic heterocycles. The van der Waals surface area contributed by atoms with E-state index in [2.05, 4.69) is 29.1 Å². The molecular weight excluding hydrogens is 210 g/mol. The van der Waals surface area contributed by atoms with Crippen molar-refractivity contribution >= 4 is 5.82 Å². The zero-order valence-electron chi connectivity index (χ0n) is 11.3. The Morgan fingerprint density at radius 3 is 2.53 bits per heavy atom. The van der Waals surface area contributed by atoms with E-state index in [0.717, 1.165) is 29.2 Å². The number of aromatic nitrogens is 2. The Morgan fingerprint density at radius 2 is 1.88 bits per heavy atom. The van der Waals surface area contributed by atoms with Gasteiger partial charge in [-0.2, -0.15) is 0 Å². The van der Waals surface area contributed by atoms with Gasteiger partial charge in [0, 0.05) is 17.8 Å². The molecule has 3 nitrogen and oxygen atoms in total. The lowest BCUT2D eigenvalue weighted by atomic mass is 9.79. The lowest BCUT2D eigenvalue weighted by molar-refractivity contribution is 0.260. The van der Waals surface area contributed by atoms with Crippen molar-refractivity contribution in [2.75, 3.05) is 5.32 Å². The van der Waals surface area contributed by atoms with E-state index in [0.29, 0.717) is 6.04 Å². The van der Waals surface area contributed by atoms with Crippen LogP contribution in [-0.4, -0.2) is 16.0 Å². The molecule has 1 N–H and O–H groups in total. The third kappa shape index (κ3) is 3.18. The van der Waals surface area contributed by atoms with Crippen molar-refractivity contribution in [2.45, 2.75) is 53.0 Å². The highest BCUT2D eigenvalue weighted by Gasteiger charge is 2.24. The van der Waals surface area contributed by atoms with E-state index in [-0.39, 0.29) is 0 Å². The smallest absolute Gasteiger partial charge is 0.130 e. The van der Waals surface area contributed by atoms with Gasteiger partial charge in [-0.05, 0) is 44.9 Å². The molecule has 1 fully saturated rings. The molecule has 1 saturated carbocycles. The van der Waals surface area contributed by atoms with Crippen LogP contribution in [0.15, 0.2) is 6.07 Å². The standard InChI is InChI=1S/C14H23N3/c1-9-5-6-13(7-10(9)2)17-14-8-11(3)15-12(4)16-14/h8-10,13H,5-7H2,1-4H3,(H,15,16,17). The average molecular weight is 233 g/mol. The van der Waals surface area contributed by atoms with Crippen molar-refractivity contribution in [3.8, 4) is 0 Å². The molecule has 0 aliphatic heterocycles. The molecule has 3 unspecified atom stereocenters. The molecule has 3 heteroatoms. The summed E-state index contributed by atoms with van der Waals surface area (Å²) in [5.74, 6) is 3.51. The van der Waals surface area contributed by atoms with E-state index in [1.165, 1.54) is 19.3 Å². The van der Waals surface area contributed by atoms with Crippen LogP contribution in [0.5, 0.6) is 0 Å². The van der Waals surface area contributed by atoms with Crippen molar-refractivity contribution in [1.29, 1.82) is 0 Å². The number of nitrogens with zero attached hydrogens (tertiary/aromatic N) is 2. The van der Waals surface area contributed by atoms with Crippen LogP contribution >= 0.6 is 0 Å². The van der Waals surface area contributed by atoms with Gasteiger partial charge in [-0.1, -0.05) is 13.8 Å². The second-order valence-electron chi connectivity index (χ2n) is 5.55. The molecular formula is C14H23N3. The second-order valence-corrected chi connectivity index (χ2v) is 5.55. The molecule has 1 aromatic rings. The number of aryl methyl sites for hydroxylation is 2. The maximum atomic E-state index is 4.45. The SMILES string of the molecule is Cc1cc(NC2CCC(C)C(C)C2)nc(C)n1. The summed E-state index contributed by atoms with van der Waals surface area (Å²) >= 11 is 0. The number of hydrogen-bond donors (Lipinski definition) is 1. The van der Waals surface area contributed by atoms with Crippen molar-refractivity contribution in [1.82, 2.24) is 9.97 Å². The van der Waals surface area contributed by atoms with Crippen LogP contribution in [0, 0.1) is 25.7 Å². The van der Waals surface area contributed by atoms with Gasteiger partial charge in [0.1, 0.15) is 11.6 Å². The Morgan fingerprint density at radius 1 is 1.12 bits per heavy atom. The largest absolute Gasteiger partial charge is 0.367 e. The van der Waals surface area contributed by atoms with Crippen LogP contribution in [0.25, 0.3) is 0 Å². The fourth-order valence-electron chi connectivity index (χ4n) is 2.68. The number of nitrogens with one attached hydrogen (secondary N) is 1. The van der Waals surface area contributed by atoms with Gasteiger partial charge in [0.2, 0.25) is 0 Å². The Kier molecular flexibility index (Phi) is 3.65. The molecule has 1 heterocycles. The molecule has 0 amide bonds. The van der Waals surface area contributed by atoms with E-state index in [4.69, 9.17) is 0 Å². The monoisotopic (exact) mass is 233 g/mol. The van der Waals surface area contributed by atoms with Crippen LogP contribution in [0.3, 0.4) is 0 Å². The molecule has 1 aliphatic carbocycles. The summed E-state index contributed by atoms with van der Waals surface area (Å²) in [6, 6.07) is 2.62. The number of anilines is 1. The first-order valence-corrected chi connectivity index (χ1v) is 6.63. The fraction of sp³-hybridized carbons (Fsp3) is 0.714. The van der Waals surface area contributed by atoms with Crippen molar-refractivity contribution in [2.24, 2.45) is 11.8 Å². The summed E-state index contributed by atoms with van der Waals surface area (Å²) in [5, 5.41) is 3.56. The average Bonchev–Trinajstić information content (AvgIpc) is 2.22. The molecule has 1 aliphatic rings. The number of rotatable bonds is 2. The number of hydrogen-bond acceptors (Lipinski definition) is 3. The van der Waals surface area contributed by atoms with E-state index in [1.54, 1.807) is 0 Å². The minimum atomic E-state index is 0.579. The highest BCUT2D eigenvalue weighted by molar-refractivity contribution is 5.36. The van der Waals surface area contributed by atoms with Crippen molar-refractivity contribution in [3.05, 3.63) is 17.6 Å². The van der Waals surface area contributed by atoms with Crippen LogP contribution in [0.2, 0.25) is 0 Å². The third-order valence-corrected chi connectivity index (χ3v) is 3.92. The first kappa shape index (κ1) is 12.3. The Balaban J connectivity index is 2.01. The molecule has 3 atom stereocenters. The predicted molar refractivity (Wildman–Crippen MR) is 71.1 cm³/mol. The van der Waals surface area contributed by atoms with E-state index >= 15 is 0 Å². The third-order valence-electron chi connectivity index (χ3n) is 3.92. The van der Waals surface area contributed by atoms with Gasteiger partial charge in [0.15, 0.2) is 0 Å². The first-order chi connectivity index (χ1) is 8.04. The zero-order chi connectivity index (χ0) is 12.4. The topological polar surface area (TPSA) is 37.8 Å². The van der Waals surface area contributed by atoms with E-state index < -0.39 is 0 Å². The summed E-state index contributed by atoms with van der Waals surface area (Å²) in [7, 11) is 0. The Hall–Kier alpha value is -1.12. The van der Waals surface area contributed by atoms with Crippen LogP contribution in [0.4, 0.5) is 5.82 Å². The minimum absolute atomic E-state index is 0.579. The maximum Gasteiger partial charge on any atom is 0.130 e. The lowest BCUT2D eigenvalue weighted by Gasteiger charge is -2.32. The van der Waals surface area contributed by atoms with Gasteiger partial charge in [0.05, 0.1) is 0 Å². The zero-order valence-corrected chi connectivity index (χ0v) is 11.3. The maximum absolute atomic E-state index is 4.45. The second kappa shape index (κ2) is 5.03. The molecule has 0 radical (unpaired) electrons. The summed E-state index contributed by atoms with van der Waals surface area (Å²) in [6.07, 6.45) is 3.83. The summed E-state index contributed by atoms with van der Waals surface area (Å²) in [6.45, 7) is 8.68. The summed E-state index contributed by atoms with van der Waals surface area (Å²) < 4.78 is 0. The van der Waals surface area contributed by atoms with E-state index in [9.17, 15) is 0 Å². The first-order valence-electron chi connectivity index (χ1n) is 6.63. The molecule has 2 rings (SSSR count). The van der Waals surface area contributed by atoms with Gasteiger partial charge in [0.25, 0.3) is 0 Å². The van der Waals surface area contributed by atoms with Crippen LogP contribution in [-0.2, 0) is 0 Å². The Bertz CT molecular complexity index is 369. The highest BCUT2D eigenvalue weighted by atomic mass is 15.0. The van der Waals surface area contributed by atoms with Gasteiger partial charge < -0.3 is 5.32 Å². The van der Waals surface area contributed by atoms with Gasteiger partial charge in [-0.3, -0.25) is 0 Å². The van der Waals surface area contributed by atoms with E-state index in [1.807, 2.05) is 19.9 Å². The van der Waals surface area contributed by atoms with Gasteiger partial charge in [-0.15, -0.1) is 0 Å². The summed E-state index contributed by atoms with van der Waals surface area (Å²) in [5.41, 5.74) is 1.04. The summed E-state index contributed by atoms with van der Waals surface area (Å²) in [4.78, 5) is 8.75. The molecule has 17 heavy (non-hydrogen) atoms. The molecule has 0 saturated heterocycles. The molecule has 0 bridgehead atoms. The van der Waals surface area contributed by atoms with Crippen LogP contribution in [0.1, 0.15) is 44.6 Å². The van der Waals surface area contributed by atoms with Crippen molar-refractivity contribution in [3.63, 3.8) is 0 Å². The minimum Gasteiger partial charge on any atom is -0.367 e. The fourth-order valence-corrected chi connectivity index (χ4v) is 2.68. The predicted octanol–water partition coefficient (Wildman–Crippen LogP) is 3.33. The molecule has 94 valence electrons. The van der Waals surface area contributed by atoms with Crippen LogP contribution < -0.4 is 5.32 Å². The quantitative estimate of drug-likeness (QED) is 0.851. The normalized spacial score (nSPS) is 29.1. The van der Waals surface area contributed by atoms with Gasteiger partial charge >= 0.3 is 0 Å².